The Morgan fingerprint density at radius 1 is 1.36 bits per heavy atom. The Kier molecular flexibility index (Phi) is 7.29. The Hall–Kier alpha value is -3.10. The number of pyridine rings is 1. The lowest BCUT2D eigenvalue weighted by Crippen LogP contribution is -2.30. The van der Waals surface area contributed by atoms with Crippen LogP contribution in [0.2, 0.25) is 0 Å². The number of halogens is 3. The largest absolute Gasteiger partial charge is 0.496 e. The number of ether oxygens (including phenoxy) is 1. The third kappa shape index (κ3) is 5.29. The van der Waals surface area contributed by atoms with Crippen LogP contribution in [0, 0.1) is 18.3 Å². The van der Waals surface area contributed by atoms with E-state index < -0.39 is 11.9 Å². The van der Waals surface area contributed by atoms with Gasteiger partial charge in [0.25, 0.3) is 5.91 Å². The number of carbonyl (C=O) groups is 1. The van der Waals surface area contributed by atoms with Crippen molar-refractivity contribution in [3.8, 4) is 11.8 Å². The number of amides is 1. The number of nitrogens with one attached hydrogen (secondary N) is 1. The number of alkyl halides is 3. The van der Waals surface area contributed by atoms with E-state index in [9.17, 15) is 23.2 Å². The number of hydrogen-bond donors (Lipinski definition) is 1. The lowest BCUT2D eigenvalue weighted by Gasteiger charge is -2.13. The summed E-state index contributed by atoms with van der Waals surface area (Å²) >= 11 is 6.17. The highest BCUT2D eigenvalue weighted by Crippen LogP contribution is 2.35. The Bertz CT molecular complexity index is 1190. The molecule has 0 atom stereocenters. The van der Waals surface area contributed by atoms with E-state index >= 15 is 0 Å². The van der Waals surface area contributed by atoms with Crippen LogP contribution >= 0.6 is 24.0 Å². The highest BCUT2D eigenvalue weighted by molar-refractivity contribution is 7.98. The molecular formula is C22H19F3N4O2S2. The van der Waals surface area contributed by atoms with Gasteiger partial charge in [0, 0.05) is 17.9 Å². The third-order valence-electron chi connectivity index (χ3n) is 4.84. The fourth-order valence-electron chi connectivity index (χ4n) is 3.20. The zero-order valence-corrected chi connectivity index (χ0v) is 19.5. The molecule has 1 aliphatic rings. The molecule has 11 heteroatoms. The minimum atomic E-state index is -4.62. The average Bonchev–Trinajstić information content (AvgIpc) is 3.03. The first-order valence-electron chi connectivity index (χ1n) is 9.72. The van der Waals surface area contributed by atoms with Gasteiger partial charge in [-0.2, -0.15) is 18.4 Å². The first-order chi connectivity index (χ1) is 15.6. The van der Waals surface area contributed by atoms with Gasteiger partial charge in [-0.25, -0.2) is 4.98 Å². The molecule has 2 heterocycles. The molecule has 0 unspecified atom stereocenters. The molecule has 0 radical (unpaired) electrons. The lowest BCUT2D eigenvalue weighted by molar-refractivity contribution is -0.141. The van der Waals surface area contributed by atoms with Crippen molar-refractivity contribution in [3.63, 3.8) is 0 Å². The second-order valence-corrected chi connectivity index (χ2v) is 8.36. The first kappa shape index (κ1) is 24.5. The van der Waals surface area contributed by atoms with Crippen LogP contribution in [0.3, 0.4) is 0 Å². The van der Waals surface area contributed by atoms with Crippen LogP contribution in [0.1, 0.15) is 34.9 Å². The van der Waals surface area contributed by atoms with Crippen LogP contribution in [-0.4, -0.2) is 34.6 Å². The molecule has 172 valence electrons. The van der Waals surface area contributed by atoms with E-state index in [0.717, 1.165) is 17.8 Å². The Morgan fingerprint density at radius 2 is 2.09 bits per heavy atom. The van der Waals surface area contributed by atoms with Gasteiger partial charge >= 0.3 is 6.18 Å². The first-order valence-corrected chi connectivity index (χ1v) is 11.1. The van der Waals surface area contributed by atoms with Crippen LogP contribution in [0.15, 0.2) is 35.0 Å². The van der Waals surface area contributed by atoms with Gasteiger partial charge in [0.2, 0.25) is 0 Å². The Morgan fingerprint density at radius 3 is 2.67 bits per heavy atom. The summed E-state index contributed by atoms with van der Waals surface area (Å²) in [5, 5.41) is 12.6. The number of rotatable bonds is 6. The van der Waals surface area contributed by atoms with Crippen molar-refractivity contribution in [1.29, 1.82) is 5.26 Å². The molecule has 0 spiro atoms. The van der Waals surface area contributed by atoms with Crippen molar-refractivity contribution in [3.05, 3.63) is 57.9 Å². The minimum absolute atomic E-state index is 0.00721. The van der Waals surface area contributed by atoms with Crippen LogP contribution in [0.25, 0.3) is 6.08 Å². The summed E-state index contributed by atoms with van der Waals surface area (Å²) in [6.45, 7) is 3.70. The quantitative estimate of drug-likeness (QED) is 0.357. The molecule has 3 rings (SSSR count). The Labute approximate surface area is 198 Å². The number of carbonyl (C=O) groups excluding carboxylic acids is 1. The van der Waals surface area contributed by atoms with Crippen molar-refractivity contribution in [2.45, 2.75) is 30.8 Å². The number of hydrogen-bond acceptors (Lipinski definition) is 6. The van der Waals surface area contributed by atoms with Crippen molar-refractivity contribution < 1.29 is 22.7 Å². The number of aromatic nitrogens is 1. The summed E-state index contributed by atoms with van der Waals surface area (Å²) in [5.41, 5.74) is 0.922. The van der Waals surface area contributed by atoms with Crippen LogP contribution in [0.4, 0.5) is 13.2 Å². The number of aryl methyl sites for hydroxylation is 1. The summed E-state index contributed by atoms with van der Waals surface area (Å²) in [6, 6.07) is 8.01. The maximum atomic E-state index is 13.2. The zero-order valence-electron chi connectivity index (χ0n) is 17.9. The summed E-state index contributed by atoms with van der Waals surface area (Å²) < 4.78 is 45.0. The summed E-state index contributed by atoms with van der Waals surface area (Å²) in [6.07, 6.45) is -2.98. The summed E-state index contributed by atoms with van der Waals surface area (Å²) in [5.74, 6) is 0.476. The van der Waals surface area contributed by atoms with E-state index in [1.165, 1.54) is 18.9 Å². The van der Waals surface area contributed by atoms with Gasteiger partial charge in [0.05, 0.1) is 12.7 Å². The monoisotopic (exact) mass is 492 g/mol. The van der Waals surface area contributed by atoms with Gasteiger partial charge < -0.3 is 10.1 Å². The molecule has 0 bridgehead atoms. The summed E-state index contributed by atoms with van der Waals surface area (Å²) in [4.78, 5) is 17.5. The topological polar surface area (TPSA) is 78.2 Å². The molecule has 1 aliphatic heterocycles. The standard InChI is InChI=1S/C22H19F3N4O2S2/c1-4-29-20(30)16(27-21(29)32)9-13-5-6-17(31-3)14(8-13)11-33-19-15(10-26)12(2)7-18(28-19)22(23,24)25/h5-9H,4,11H2,1-3H3,(H,27,32)/b16-9+. The normalized spacial score (nSPS) is 15.1. The van der Waals surface area contributed by atoms with Gasteiger partial charge in [0.1, 0.15) is 28.2 Å². The van der Waals surface area contributed by atoms with Crippen LogP contribution in [0.5, 0.6) is 5.75 Å². The maximum absolute atomic E-state index is 13.2. The van der Waals surface area contributed by atoms with E-state index in [4.69, 9.17) is 17.0 Å². The van der Waals surface area contributed by atoms with Crippen LogP contribution < -0.4 is 10.1 Å². The average molecular weight is 493 g/mol. The van der Waals surface area contributed by atoms with E-state index in [1.807, 2.05) is 13.0 Å². The van der Waals surface area contributed by atoms with Gasteiger partial charge in [0.15, 0.2) is 5.11 Å². The highest BCUT2D eigenvalue weighted by atomic mass is 32.2. The molecule has 1 saturated heterocycles. The molecule has 1 aromatic heterocycles. The zero-order chi connectivity index (χ0) is 24.3. The molecule has 0 aliphatic carbocycles. The molecule has 1 fully saturated rings. The van der Waals surface area contributed by atoms with Crippen LogP contribution in [-0.2, 0) is 16.7 Å². The fourth-order valence-corrected chi connectivity index (χ4v) is 4.56. The SMILES string of the molecule is CCN1C(=O)/C(=C\c2ccc(OC)c(CSc3nc(C(F)(F)F)cc(C)c3C#N)c2)NC1=S. The van der Waals surface area contributed by atoms with E-state index in [2.05, 4.69) is 10.3 Å². The van der Waals surface area contributed by atoms with Crippen molar-refractivity contribution >= 4 is 41.1 Å². The number of nitrogens with zero attached hydrogens (tertiary/aromatic N) is 3. The van der Waals surface area contributed by atoms with Crippen molar-refractivity contribution in [2.75, 3.05) is 13.7 Å². The number of thioether (sulfide) groups is 1. The number of likely N-dealkylation sites (N-methyl/N-ethyl adjacent to an activating group) is 1. The molecule has 0 saturated carbocycles. The number of nitriles is 1. The van der Waals surface area contributed by atoms with E-state index in [-0.39, 0.29) is 27.8 Å². The number of thiocarbonyl (C=S) groups is 1. The number of methoxy groups -OCH3 is 1. The van der Waals surface area contributed by atoms with Gasteiger partial charge in [-0.05, 0) is 61.5 Å². The molecule has 1 amide bonds. The maximum Gasteiger partial charge on any atom is 0.433 e. The fraction of sp³-hybridized carbons (Fsp3) is 0.273. The van der Waals surface area contributed by atoms with E-state index in [1.54, 1.807) is 24.3 Å². The Balaban J connectivity index is 1.92. The lowest BCUT2D eigenvalue weighted by atomic mass is 10.1. The van der Waals surface area contributed by atoms with Gasteiger partial charge in [-0.1, -0.05) is 6.07 Å². The van der Waals surface area contributed by atoms with Gasteiger partial charge in [-0.3, -0.25) is 9.69 Å². The second-order valence-electron chi connectivity index (χ2n) is 7.01. The van der Waals surface area contributed by atoms with Crippen molar-refractivity contribution in [1.82, 2.24) is 15.2 Å². The number of benzene rings is 1. The van der Waals surface area contributed by atoms with E-state index in [0.29, 0.717) is 34.2 Å². The summed E-state index contributed by atoms with van der Waals surface area (Å²) in [7, 11) is 1.48. The third-order valence-corrected chi connectivity index (χ3v) is 6.19. The molecule has 33 heavy (non-hydrogen) atoms. The highest BCUT2D eigenvalue weighted by Gasteiger charge is 2.34. The smallest absolute Gasteiger partial charge is 0.433 e. The predicted octanol–water partition coefficient (Wildman–Crippen LogP) is 4.66. The molecular weight excluding hydrogens is 473 g/mol. The minimum Gasteiger partial charge on any atom is -0.496 e. The second kappa shape index (κ2) is 9.80. The molecule has 2 aromatic rings. The molecule has 1 N–H and O–H groups in total. The van der Waals surface area contributed by atoms with Gasteiger partial charge in [-0.15, -0.1) is 11.8 Å². The molecule has 1 aromatic carbocycles. The van der Waals surface area contributed by atoms with Crippen molar-refractivity contribution in [2.24, 2.45) is 0 Å². The predicted molar refractivity (Wildman–Crippen MR) is 122 cm³/mol. The molecule has 6 nitrogen and oxygen atoms in total.